The summed E-state index contributed by atoms with van der Waals surface area (Å²) in [6, 6.07) is 10.6. The molecular formula is C24H30N2O2S. The number of nitrogens with one attached hydrogen (secondary N) is 1. The molecule has 5 heteroatoms. The maximum absolute atomic E-state index is 12.6. The van der Waals surface area contributed by atoms with Gasteiger partial charge < -0.3 is 10.1 Å². The first-order valence-electron chi connectivity index (χ1n) is 11.0. The van der Waals surface area contributed by atoms with Gasteiger partial charge in [-0.2, -0.15) is 11.3 Å². The number of rotatable bonds is 6. The lowest BCUT2D eigenvalue weighted by molar-refractivity contribution is -0.122. The number of thiophene rings is 1. The van der Waals surface area contributed by atoms with E-state index in [0.29, 0.717) is 6.42 Å². The second-order valence-electron chi connectivity index (χ2n) is 9.08. The van der Waals surface area contributed by atoms with E-state index in [4.69, 9.17) is 4.74 Å². The standard InChI is InChI=1S/C24H30N2O2S/c27-23(25-15-18-5-6-18)13-20-14-24(28-22-4-2-1-3-21(20)22)8-10-26(11-9-24)16-19-7-12-29-17-19/h1-4,7,12,17-18,20H,5-6,8-11,13-16H2,(H,25,27)/t20-/m1/s1. The lowest BCUT2D eigenvalue weighted by atomic mass is 9.76. The van der Waals surface area contributed by atoms with E-state index < -0.39 is 0 Å². The minimum atomic E-state index is -0.124. The number of piperidine rings is 1. The molecule has 1 amide bonds. The average molecular weight is 411 g/mol. The van der Waals surface area contributed by atoms with Gasteiger partial charge in [-0.1, -0.05) is 18.2 Å². The molecule has 0 radical (unpaired) electrons. The SMILES string of the molecule is O=C(C[C@@H]1CC2(CCN(Cc3ccsc3)CC2)Oc2ccccc21)NCC1CC1. The van der Waals surface area contributed by atoms with Crippen LogP contribution in [-0.4, -0.2) is 36.0 Å². The van der Waals surface area contributed by atoms with Crippen LogP contribution in [0, 0.1) is 5.92 Å². The Labute approximate surface area is 177 Å². The fraction of sp³-hybridized carbons (Fsp3) is 0.542. The average Bonchev–Trinajstić information content (AvgIpc) is 3.43. The van der Waals surface area contributed by atoms with Gasteiger partial charge in [0.25, 0.3) is 0 Å². The fourth-order valence-electron chi connectivity index (χ4n) is 4.87. The topological polar surface area (TPSA) is 41.6 Å². The van der Waals surface area contributed by atoms with Gasteiger partial charge in [-0.05, 0) is 72.0 Å². The molecule has 1 N–H and O–H groups in total. The van der Waals surface area contributed by atoms with Crippen molar-refractivity contribution in [1.29, 1.82) is 0 Å². The number of carbonyl (C=O) groups excluding carboxylic acids is 1. The van der Waals surface area contributed by atoms with E-state index in [1.54, 1.807) is 11.3 Å². The summed E-state index contributed by atoms with van der Waals surface area (Å²) in [4.78, 5) is 15.1. The Bertz CT molecular complexity index is 838. The minimum absolute atomic E-state index is 0.124. The van der Waals surface area contributed by atoms with Crippen LogP contribution in [-0.2, 0) is 11.3 Å². The van der Waals surface area contributed by atoms with Gasteiger partial charge in [0, 0.05) is 38.5 Å². The summed E-state index contributed by atoms with van der Waals surface area (Å²) in [5, 5.41) is 7.56. The quantitative estimate of drug-likeness (QED) is 0.759. The molecule has 1 aromatic carbocycles. The summed E-state index contributed by atoms with van der Waals surface area (Å²) in [5.41, 5.74) is 2.49. The molecule has 1 saturated heterocycles. The van der Waals surface area contributed by atoms with Crippen LogP contribution in [0.25, 0.3) is 0 Å². The molecule has 1 saturated carbocycles. The highest BCUT2D eigenvalue weighted by atomic mass is 32.1. The zero-order chi connectivity index (χ0) is 19.7. The van der Waals surface area contributed by atoms with Crippen LogP contribution in [0.4, 0.5) is 0 Å². The molecule has 1 spiro atoms. The molecule has 2 fully saturated rings. The molecule has 1 aliphatic carbocycles. The van der Waals surface area contributed by atoms with Crippen LogP contribution >= 0.6 is 11.3 Å². The van der Waals surface area contributed by atoms with Gasteiger partial charge in [0.05, 0.1) is 0 Å². The highest BCUT2D eigenvalue weighted by molar-refractivity contribution is 7.07. The number of fused-ring (bicyclic) bond motifs is 1. The normalized spacial score (nSPS) is 23.4. The van der Waals surface area contributed by atoms with Gasteiger partial charge >= 0.3 is 0 Å². The van der Waals surface area contributed by atoms with E-state index >= 15 is 0 Å². The maximum Gasteiger partial charge on any atom is 0.220 e. The third kappa shape index (κ3) is 4.51. The predicted molar refractivity (Wildman–Crippen MR) is 116 cm³/mol. The minimum Gasteiger partial charge on any atom is -0.487 e. The summed E-state index contributed by atoms with van der Waals surface area (Å²) >= 11 is 1.77. The van der Waals surface area contributed by atoms with E-state index in [9.17, 15) is 4.79 Å². The summed E-state index contributed by atoms with van der Waals surface area (Å²) in [5.74, 6) is 2.16. The molecule has 2 aliphatic heterocycles. The molecule has 0 unspecified atom stereocenters. The van der Waals surface area contributed by atoms with Gasteiger partial charge in [-0.25, -0.2) is 0 Å². The van der Waals surface area contributed by atoms with Crippen molar-refractivity contribution in [3.05, 3.63) is 52.2 Å². The predicted octanol–water partition coefficient (Wildman–Crippen LogP) is 4.57. The van der Waals surface area contributed by atoms with Gasteiger partial charge in [0.1, 0.15) is 11.4 Å². The van der Waals surface area contributed by atoms with Crippen LogP contribution in [0.15, 0.2) is 41.1 Å². The molecule has 4 nitrogen and oxygen atoms in total. The Kier molecular flexibility index (Phi) is 5.35. The number of benzene rings is 1. The third-order valence-electron chi connectivity index (χ3n) is 6.77. The Morgan fingerprint density at radius 3 is 2.79 bits per heavy atom. The van der Waals surface area contributed by atoms with Crippen LogP contribution in [0.1, 0.15) is 55.6 Å². The van der Waals surface area contributed by atoms with Crippen molar-refractivity contribution in [2.24, 2.45) is 5.92 Å². The molecule has 2 aromatic rings. The number of hydrogen-bond acceptors (Lipinski definition) is 4. The molecule has 1 atom stereocenters. The van der Waals surface area contributed by atoms with Crippen molar-refractivity contribution in [1.82, 2.24) is 10.2 Å². The number of hydrogen-bond donors (Lipinski definition) is 1. The smallest absolute Gasteiger partial charge is 0.220 e. The lowest BCUT2D eigenvalue weighted by Crippen LogP contribution is -2.50. The van der Waals surface area contributed by atoms with Crippen LogP contribution in [0.5, 0.6) is 5.75 Å². The van der Waals surface area contributed by atoms with E-state index in [-0.39, 0.29) is 17.4 Å². The number of amides is 1. The highest BCUT2D eigenvalue weighted by Gasteiger charge is 2.43. The molecule has 1 aromatic heterocycles. The van der Waals surface area contributed by atoms with Gasteiger partial charge in [0.2, 0.25) is 5.91 Å². The molecule has 3 aliphatic rings. The summed E-state index contributed by atoms with van der Waals surface area (Å²) in [7, 11) is 0. The maximum atomic E-state index is 12.6. The van der Waals surface area contributed by atoms with Crippen LogP contribution < -0.4 is 10.1 Å². The van der Waals surface area contributed by atoms with E-state index in [0.717, 1.165) is 57.1 Å². The summed E-state index contributed by atoms with van der Waals surface area (Å²) < 4.78 is 6.61. The largest absolute Gasteiger partial charge is 0.487 e. The van der Waals surface area contributed by atoms with Crippen molar-refractivity contribution in [2.45, 2.75) is 56.6 Å². The molecule has 154 valence electrons. The zero-order valence-corrected chi connectivity index (χ0v) is 17.8. The number of carbonyl (C=O) groups is 1. The monoisotopic (exact) mass is 410 g/mol. The highest BCUT2D eigenvalue weighted by Crippen LogP contribution is 2.46. The van der Waals surface area contributed by atoms with Gasteiger partial charge in [-0.15, -0.1) is 0 Å². The van der Waals surface area contributed by atoms with E-state index in [2.05, 4.69) is 45.2 Å². The second kappa shape index (κ2) is 8.11. The first-order chi connectivity index (χ1) is 14.2. The Balaban J connectivity index is 1.26. The first kappa shape index (κ1) is 19.1. The molecule has 29 heavy (non-hydrogen) atoms. The van der Waals surface area contributed by atoms with Crippen molar-refractivity contribution in [3.8, 4) is 5.75 Å². The number of likely N-dealkylation sites (tertiary alicyclic amines) is 1. The molecule has 5 rings (SSSR count). The molecule has 0 bridgehead atoms. The van der Waals surface area contributed by atoms with Crippen molar-refractivity contribution in [3.63, 3.8) is 0 Å². The number of para-hydroxylation sites is 1. The van der Waals surface area contributed by atoms with Crippen molar-refractivity contribution >= 4 is 17.2 Å². The summed E-state index contributed by atoms with van der Waals surface area (Å²) in [6.45, 7) is 3.99. The Morgan fingerprint density at radius 2 is 2.03 bits per heavy atom. The first-order valence-corrected chi connectivity index (χ1v) is 11.9. The summed E-state index contributed by atoms with van der Waals surface area (Å²) in [6.07, 6.45) is 6.13. The molecule has 3 heterocycles. The van der Waals surface area contributed by atoms with E-state index in [1.165, 1.54) is 24.0 Å². The Hall–Kier alpha value is -1.85. The van der Waals surface area contributed by atoms with E-state index in [1.807, 2.05) is 6.07 Å². The number of nitrogens with zero attached hydrogens (tertiary/aromatic N) is 1. The molecular weight excluding hydrogens is 380 g/mol. The van der Waals surface area contributed by atoms with Crippen LogP contribution in [0.3, 0.4) is 0 Å². The van der Waals surface area contributed by atoms with Gasteiger partial charge in [0.15, 0.2) is 0 Å². The third-order valence-corrected chi connectivity index (χ3v) is 7.51. The number of ether oxygens (including phenoxy) is 1. The Morgan fingerprint density at radius 1 is 1.21 bits per heavy atom. The fourth-order valence-corrected chi connectivity index (χ4v) is 5.53. The van der Waals surface area contributed by atoms with Gasteiger partial charge in [-0.3, -0.25) is 9.69 Å². The van der Waals surface area contributed by atoms with Crippen LogP contribution in [0.2, 0.25) is 0 Å². The van der Waals surface area contributed by atoms with Crippen molar-refractivity contribution < 1.29 is 9.53 Å². The second-order valence-corrected chi connectivity index (χ2v) is 9.86. The van der Waals surface area contributed by atoms with Crippen molar-refractivity contribution in [2.75, 3.05) is 19.6 Å². The zero-order valence-electron chi connectivity index (χ0n) is 16.9. The lowest BCUT2D eigenvalue weighted by Gasteiger charge is -2.47.